The fourth-order valence-corrected chi connectivity index (χ4v) is 4.11. The number of rotatable bonds is 4. The van der Waals surface area contributed by atoms with Crippen LogP contribution in [0.25, 0.3) is 0 Å². The molecule has 0 unspecified atom stereocenters. The highest BCUT2D eigenvalue weighted by atomic mass is 16.3. The Kier molecular flexibility index (Phi) is 4.48. The molecule has 0 bridgehead atoms. The molecule has 2 aliphatic rings. The molecule has 2 fully saturated rings. The van der Waals surface area contributed by atoms with Gasteiger partial charge in [-0.05, 0) is 55.2 Å². The molecule has 1 saturated carbocycles. The first-order valence-electron chi connectivity index (χ1n) is 8.60. The summed E-state index contributed by atoms with van der Waals surface area (Å²) in [5.74, 6) is 1.08. The first-order chi connectivity index (χ1) is 10.2. The van der Waals surface area contributed by atoms with Gasteiger partial charge in [0, 0.05) is 18.8 Å². The highest BCUT2D eigenvalue weighted by Crippen LogP contribution is 2.46. The molecule has 0 amide bonds. The van der Waals surface area contributed by atoms with Crippen LogP contribution in [0.3, 0.4) is 0 Å². The van der Waals surface area contributed by atoms with Crippen molar-refractivity contribution >= 4 is 5.82 Å². The molecule has 0 aromatic carbocycles. The minimum absolute atomic E-state index is 0.115. The van der Waals surface area contributed by atoms with E-state index in [0.29, 0.717) is 5.41 Å². The van der Waals surface area contributed by atoms with Crippen LogP contribution in [0.15, 0.2) is 12.1 Å². The Hall–Kier alpha value is -1.09. The molecule has 3 nitrogen and oxygen atoms in total. The van der Waals surface area contributed by atoms with Crippen LogP contribution in [0.2, 0.25) is 0 Å². The van der Waals surface area contributed by atoms with Crippen LogP contribution in [0, 0.1) is 5.41 Å². The van der Waals surface area contributed by atoms with Crippen LogP contribution in [-0.4, -0.2) is 23.2 Å². The van der Waals surface area contributed by atoms with E-state index >= 15 is 0 Å². The van der Waals surface area contributed by atoms with Crippen molar-refractivity contribution in [3.63, 3.8) is 0 Å². The van der Waals surface area contributed by atoms with Crippen molar-refractivity contribution in [1.29, 1.82) is 0 Å². The Morgan fingerprint density at radius 2 is 1.86 bits per heavy atom. The summed E-state index contributed by atoms with van der Waals surface area (Å²) in [4.78, 5) is 7.26. The second-order valence-electron chi connectivity index (χ2n) is 6.93. The predicted molar refractivity (Wildman–Crippen MR) is 86.5 cm³/mol. The number of hydrogen-bond donors (Lipinski definition) is 1. The summed E-state index contributed by atoms with van der Waals surface area (Å²) >= 11 is 0. The Bertz CT molecular complexity index is 470. The summed E-state index contributed by atoms with van der Waals surface area (Å²) < 4.78 is 0. The largest absolute Gasteiger partial charge is 0.392 e. The average Bonchev–Trinajstić information content (AvgIpc) is 2.96. The molecule has 1 saturated heterocycles. The number of aliphatic hydroxyl groups excluding tert-OH is 1. The molecule has 2 heterocycles. The number of aromatic nitrogens is 1. The smallest absolute Gasteiger partial charge is 0.129 e. The molecule has 0 radical (unpaired) electrons. The molecule has 116 valence electrons. The van der Waals surface area contributed by atoms with Gasteiger partial charge in [0.05, 0.1) is 6.61 Å². The number of hydrogen-bond acceptors (Lipinski definition) is 3. The number of pyridine rings is 1. The van der Waals surface area contributed by atoms with Crippen LogP contribution in [-0.2, 0) is 13.0 Å². The topological polar surface area (TPSA) is 36.4 Å². The van der Waals surface area contributed by atoms with Gasteiger partial charge < -0.3 is 10.0 Å². The van der Waals surface area contributed by atoms with E-state index < -0.39 is 0 Å². The summed E-state index contributed by atoms with van der Waals surface area (Å²) in [5.41, 5.74) is 2.78. The lowest BCUT2D eigenvalue weighted by atomic mass is 9.77. The van der Waals surface area contributed by atoms with Gasteiger partial charge in [-0.3, -0.25) is 0 Å². The van der Waals surface area contributed by atoms with Gasteiger partial charge in [0.15, 0.2) is 0 Å². The van der Waals surface area contributed by atoms with Gasteiger partial charge in [-0.25, -0.2) is 4.98 Å². The molecule has 1 aromatic rings. The average molecular weight is 288 g/mol. The van der Waals surface area contributed by atoms with Crippen LogP contribution in [0.5, 0.6) is 0 Å². The van der Waals surface area contributed by atoms with Crippen LogP contribution in [0.1, 0.15) is 63.1 Å². The standard InChI is InChI=1S/C18H28N2O/c1-2-5-16-12-15(14-21)13-17(19-16)20-10-8-18(9-11-20)6-3-4-7-18/h12-13,21H,2-11,14H2,1H3. The zero-order chi connectivity index (χ0) is 14.7. The number of aryl methyl sites for hydroxylation is 1. The van der Waals surface area contributed by atoms with E-state index in [4.69, 9.17) is 4.98 Å². The molecule has 21 heavy (non-hydrogen) atoms. The van der Waals surface area contributed by atoms with Gasteiger partial charge >= 0.3 is 0 Å². The third-order valence-electron chi connectivity index (χ3n) is 5.43. The monoisotopic (exact) mass is 288 g/mol. The molecule has 1 aliphatic heterocycles. The first kappa shape index (κ1) is 14.8. The van der Waals surface area contributed by atoms with Crippen LogP contribution in [0.4, 0.5) is 5.82 Å². The SMILES string of the molecule is CCCc1cc(CO)cc(N2CCC3(CCCC3)CC2)n1. The highest BCUT2D eigenvalue weighted by molar-refractivity contribution is 5.43. The summed E-state index contributed by atoms with van der Waals surface area (Å²) in [5, 5.41) is 9.47. The summed E-state index contributed by atoms with van der Waals surface area (Å²) in [7, 11) is 0. The van der Waals surface area contributed by atoms with Crippen molar-refractivity contribution in [2.45, 2.75) is 64.9 Å². The van der Waals surface area contributed by atoms with Crippen molar-refractivity contribution in [1.82, 2.24) is 4.98 Å². The van der Waals surface area contributed by atoms with Gasteiger partial charge in [0.25, 0.3) is 0 Å². The second kappa shape index (κ2) is 6.35. The maximum Gasteiger partial charge on any atom is 0.129 e. The fourth-order valence-electron chi connectivity index (χ4n) is 4.11. The summed E-state index contributed by atoms with van der Waals surface area (Å²) in [6.45, 7) is 4.56. The Labute approximate surface area is 128 Å². The van der Waals surface area contributed by atoms with Crippen molar-refractivity contribution in [3.05, 3.63) is 23.4 Å². The fraction of sp³-hybridized carbons (Fsp3) is 0.722. The zero-order valence-electron chi connectivity index (χ0n) is 13.3. The van der Waals surface area contributed by atoms with Crippen molar-refractivity contribution in [3.8, 4) is 0 Å². The third kappa shape index (κ3) is 3.23. The predicted octanol–water partition coefficient (Wildman–Crippen LogP) is 3.69. The molecule has 1 aliphatic carbocycles. The van der Waals surface area contributed by atoms with Crippen molar-refractivity contribution in [2.24, 2.45) is 5.41 Å². The lowest BCUT2D eigenvalue weighted by Crippen LogP contribution is -2.39. The van der Waals surface area contributed by atoms with E-state index in [1.807, 2.05) is 0 Å². The molecular formula is C18H28N2O. The Balaban J connectivity index is 1.73. The zero-order valence-corrected chi connectivity index (χ0v) is 13.3. The molecular weight excluding hydrogens is 260 g/mol. The quantitative estimate of drug-likeness (QED) is 0.918. The second-order valence-corrected chi connectivity index (χ2v) is 6.93. The van der Waals surface area contributed by atoms with Gasteiger partial charge in [-0.1, -0.05) is 26.2 Å². The van der Waals surface area contributed by atoms with E-state index in [2.05, 4.69) is 24.0 Å². The maximum absolute atomic E-state index is 9.47. The molecule has 0 atom stereocenters. The van der Waals surface area contributed by atoms with Crippen LogP contribution >= 0.6 is 0 Å². The minimum atomic E-state index is 0.115. The summed E-state index contributed by atoms with van der Waals surface area (Å²) in [6, 6.07) is 4.13. The van der Waals surface area contributed by atoms with Gasteiger partial charge in [-0.15, -0.1) is 0 Å². The van der Waals surface area contributed by atoms with E-state index in [1.165, 1.54) is 38.5 Å². The molecule has 1 aromatic heterocycles. The van der Waals surface area contributed by atoms with Gasteiger partial charge in [-0.2, -0.15) is 0 Å². The minimum Gasteiger partial charge on any atom is -0.392 e. The molecule has 1 N–H and O–H groups in total. The number of nitrogens with zero attached hydrogens (tertiary/aromatic N) is 2. The normalized spacial score (nSPS) is 21.1. The van der Waals surface area contributed by atoms with E-state index in [-0.39, 0.29) is 6.61 Å². The van der Waals surface area contributed by atoms with Gasteiger partial charge in [0.1, 0.15) is 5.82 Å². The number of piperidine rings is 1. The maximum atomic E-state index is 9.47. The van der Waals surface area contributed by atoms with E-state index in [9.17, 15) is 5.11 Å². The number of aliphatic hydroxyl groups is 1. The lowest BCUT2D eigenvalue weighted by molar-refractivity contribution is 0.226. The Morgan fingerprint density at radius 3 is 2.48 bits per heavy atom. The first-order valence-corrected chi connectivity index (χ1v) is 8.60. The van der Waals surface area contributed by atoms with Gasteiger partial charge in [0.2, 0.25) is 0 Å². The molecule has 3 heteroatoms. The third-order valence-corrected chi connectivity index (χ3v) is 5.43. The number of anilines is 1. The molecule has 1 spiro atoms. The van der Waals surface area contributed by atoms with Crippen molar-refractivity contribution < 1.29 is 5.11 Å². The van der Waals surface area contributed by atoms with E-state index in [0.717, 1.165) is 43.0 Å². The van der Waals surface area contributed by atoms with Crippen LogP contribution < -0.4 is 4.90 Å². The Morgan fingerprint density at radius 1 is 1.14 bits per heavy atom. The highest BCUT2D eigenvalue weighted by Gasteiger charge is 2.37. The van der Waals surface area contributed by atoms with E-state index in [1.54, 1.807) is 0 Å². The van der Waals surface area contributed by atoms with Crippen molar-refractivity contribution in [2.75, 3.05) is 18.0 Å². The lowest BCUT2D eigenvalue weighted by Gasteiger charge is -2.40. The molecule has 3 rings (SSSR count). The summed E-state index contributed by atoms with van der Waals surface area (Å²) in [6.07, 6.45) is 10.5.